The molecule has 0 bridgehead atoms. The lowest BCUT2D eigenvalue weighted by Crippen LogP contribution is -2.49. The van der Waals surface area contributed by atoms with Gasteiger partial charge in [-0.1, -0.05) is 42.5 Å². The molecule has 4 aromatic rings. The van der Waals surface area contributed by atoms with Crippen LogP contribution in [0.5, 0.6) is 5.75 Å². The second kappa shape index (κ2) is 11.3. The van der Waals surface area contributed by atoms with E-state index in [2.05, 4.69) is 22.3 Å². The number of hydrogen-bond donors (Lipinski definition) is 1. The Bertz CT molecular complexity index is 1320. The van der Waals surface area contributed by atoms with Crippen molar-refractivity contribution in [2.75, 3.05) is 45.2 Å². The number of nitrogens with zero attached hydrogens (tertiary/aromatic N) is 2. The van der Waals surface area contributed by atoms with E-state index in [-0.39, 0.29) is 17.6 Å². The summed E-state index contributed by atoms with van der Waals surface area (Å²) >= 11 is 0. The fraction of sp³-hybridized carbons (Fsp3) is 0.267. The van der Waals surface area contributed by atoms with Gasteiger partial charge in [0.15, 0.2) is 5.76 Å². The summed E-state index contributed by atoms with van der Waals surface area (Å²) in [5.41, 5.74) is 3.55. The Morgan fingerprint density at radius 2 is 1.59 bits per heavy atom. The van der Waals surface area contributed by atoms with Crippen LogP contribution in [0.3, 0.4) is 0 Å². The molecule has 0 aliphatic carbocycles. The third-order valence-electron chi connectivity index (χ3n) is 6.82. The van der Waals surface area contributed by atoms with Crippen LogP contribution in [0.1, 0.15) is 21.7 Å². The first-order chi connectivity index (χ1) is 18.1. The number of anilines is 1. The average molecular weight is 498 g/mol. The van der Waals surface area contributed by atoms with Crippen LogP contribution in [0.4, 0.5) is 5.69 Å². The van der Waals surface area contributed by atoms with Gasteiger partial charge in [-0.25, -0.2) is 0 Å². The molecule has 1 fully saturated rings. The fourth-order valence-corrected chi connectivity index (χ4v) is 4.58. The zero-order valence-electron chi connectivity index (χ0n) is 21.0. The number of hydrogen-bond acceptors (Lipinski definition) is 5. The summed E-state index contributed by atoms with van der Waals surface area (Å²) in [6, 6.07) is 24.9. The molecular formula is C30H31N3O4. The van der Waals surface area contributed by atoms with Crippen molar-refractivity contribution in [3.05, 3.63) is 95.7 Å². The maximum absolute atomic E-state index is 12.9. The summed E-state index contributed by atoms with van der Waals surface area (Å²) in [6.07, 6.45) is 1.33. The van der Waals surface area contributed by atoms with Gasteiger partial charge in [-0.15, -0.1) is 0 Å². The summed E-state index contributed by atoms with van der Waals surface area (Å²) in [6.45, 7) is 4.24. The standard InChI is InChI=1S/C30H31N3O4/c1-36-26-12-8-22(9-13-26)14-15-32-16-18-33(19-17-32)29(34)20-23-6-10-25(11-7-23)31-30(35)28-21-24-4-2-3-5-27(24)37-28/h2-13,21H,14-20H2,1H3,(H,31,35). The van der Waals surface area contributed by atoms with Gasteiger partial charge in [0.25, 0.3) is 5.91 Å². The molecule has 7 nitrogen and oxygen atoms in total. The summed E-state index contributed by atoms with van der Waals surface area (Å²) in [7, 11) is 1.68. The maximum atomic E-state index is 12.9. The Morgan fingerprint density at radius 1 is 0.892 bits per heavy atom. The smallest absolute Gasteiger partial charge is 0.291 e. The number of benzene rings is 3. The first-order valence-corrected chi connectivity index (χ1v) is 12.6. The minimum Gasteiger partial charge on any atom is -0.497 e. The minimum absolute atomic E-state index is 0.133. The normalized spacial score (nSPS) is 14.0. The van der Waals surface area contributed by atoms with Gasteiger partial charge in [-0.3, -0.25) is 14.5 Å². The molecular weight excluding hydrogens is 466 g/mol. The number of carbonyl (C=O) groups is 2. The molecule has 2 amide bonds. The van der Waals surface area contributed by atoms with Crippen LogP contribution in [-0.4, -0.2) is 61.4 Å². The van der Waals surface area contributed by atoms with E-state index in [9.17, 15) is 9.59 Å². The third kappa shape index (κ3) is 6.19. The molecule has 1 N–H and O–H groups in total. The Labute approximate surface area is 216 Å². The first kappa shape index (κ1) is 24.6. The van der Waals surface area contributed by atoms with Gasteiger partial charge in [0.2, 0.25) is 5.91 Å². The zero-order chi connectivity index (χ0) is 25.6. The van der Waals surface area contributed by atoms with Gasteiger partial charge in [0.05, 0.1) is 13.5 Å². The number of ether oxygens (including phenoxy) is 1. The van der Waals surface area contributed by atoms with Crippen molar-refractivity contribution >= 4 is 28.5 Å². The van der Waals surface area contributed by atoms with Gasteiger partial charge in [-0.2, -0.15) is 0 Å². The number of furan rings is 1. The molecule has 0 atom stereocenters. The van der Waals surface area contributed by atoms with Gasteiger partial charge in [0, 0.05) is 43.8 Å². The molecule has 0 spiro atoms. The van der Waals surface area contributed by atoms with E-state index >= 15 is 0 Å². The Kier molecular flexibility index (Phi) is 7.51. The molecule has 1 aromatic heterocycles. The van der Waals surface area contributed by atoms with Gasteiger partial charge >= 0.3 is 0 Å². The van der Waals surface area contributed by atoms with Crippen molar-refractivity contribution in [1.29, 1.82) is 0 Å². The zero-order valence-corrected chi connectivity index (χ0v) is 21.0. The van der Waals surface area contributed by atoms with E-state index in [1.54, 1.807) is 13.2 Å². The lowest BCUT2D eigenvalue weighted by molar-refractivity contribution is -0.132. The van der Waals surface area contributed by atoms with E-state index in [1.165, 1.54) is 5.56 Å². The number of piperazine rings is 1. The number of nitrogens with one attached hydrogen (secondary N) is 1. The maximum Gasteiger partial charge on any atom is 0.291 e. The number of amides is 2. The van der Waals surface area contributed by atoms with Crippen LogP contribution in [-0.2, 0) is 17.6 Å². The van der Waals surface area contributed by atoms with Crippen molar-refractivity contribution in [2.45, 2.75) is 12.8 Å². The van der Waals surface area contributed by atoms with E-state index in [1.807, 2.05) is 65.6 Å². The van der Waals surface area contributed by atoms with E-state index in [0.29, 0.717) is 17.7 Å². The Morgan fingerprint density at radius 3 is 2.30 bits per heavy atom. The highest BCUT2D eigenvalue weighted by atomic mass is 16.5. The SMILES string of the molecule is COc1ccc(CCN2CCN(C(=O)Cc3ccc(NC(=O)c4cc5ccccc5o4)cc3)CC2)cc1. The van der Waals surface area contributed by atoms with Crippen LogP contribution in [0.15, 0.2) is 83.3 Å². The number of para-hydroxylation sites is 1. The van der Waals surface area contributed by atoms with Gasteiger partial charge < -0.3 is 19.4 Å². The molecule has 0 saturated carbocycles. The molecule has 5 rings (SSSR count). The van der Waals surface area contributed by atoms with Gasteiger partial charge in [0.1, 0.15) is 11.3 Å². The number of methoxy groups -OCH3 is 1. The monoisotopic (exact) mass is 497 g/mol. The topological polar surface area (TPSA) is 75.0 Å². The van der Waals surface area contributed by atoms with Crippen molar-refractivity contribution in [3.63, 3.8) is 0 Å². The van der Waals surface area contributed by atoms with Crippen LogP contribution < -0.4 is 10.1 Å². The van der Waals surface area contributed by atoms with Crippen LogP contribution >= 0.6 is 0 Å². The third-order valence-corrected chi connectivity index (χ3v) is 6.82. The van der Waals surface area contributed by atoms with E-state index in [4.69, 9.17) is 9.15 Å². The summed E-state index contributed by atoms with van der Waals surface area (Å²) < 4.78 is 10.8. The predicted molar refractivity (Wildman–Crippen MR) is 144 cm³/mol. The number of fused-ring (bicyclic) bond motifs is 1. The van der Waals surface area contributed by atoms with Crippen molar-refractivity contribution in [2.24, 2.45) is 0 Å². The predicted octanol–water partition coefficient (Wildman–Crippen LogP) is 4.62. The second-order valence-corrected chi connectivity index (χ2v) is 9.30. The van der Waals surface area contributed by atoms with Crippen molar-refractivity contribution < 1.29 is 18.7 Å². The molecule has 7 heteroatoms. The fourth-order valence-electron chi connectivity index (χ4n) is 4.58. The first-order valence-electron chi connectivity index (χ1n) is 12.6. The van der Waals surface area contributed by atoms with Gasteiger partial charge in [-0.05, 0) is 53.9 Å². The minimum atomic E-state index is -0.301. The van der Waals surface area contributed by atoms with Crippen molar-refractivity contribution in [1.82, 2.24) is 9.80 Å². The summed E-state index contributed by atoms with van der Waals surface area (Å²) in [4.78, 5) is 29.8. The molecule has 1 aliphatic heterocycles. The highest BCUT2D eigenvalue weighted by Crippen LogP contribution is 2.20. The molecule has 2 heterocycles. The quantitative estimate of drug-likeness (QED) is 0.384. The molecule has 1 aliphatic rings. The average Bonchev–Trinajstić information content (AvgIpc) is 3.38. The number of carbonyl (C=O) groups excluding carboxylic acids is 2. The highest BCUT2D eigenvalue weighted by molar-refractivity contribution is 6.04. The molecule has 190 valence electrons. The second-order valence-electron chi connectivity index (χ2n) is 9.30. The number of rotatable bonds is 8. The Hall–Kier alpha value is -4.10. The molecule has 1 saturated heterocycles. The lowest BCUT2D eigenvalue weighted by atomic mass is 10.1. The molecule has 0 unspecified atom stereocenters. The molecule has 0 radical (unpaired) electrons. The van der Waals surface area contributed by atoms with E-state index < -0.39 is 0 Å². The summed E-state index contributed by atoms with van der Waals surface area (Å²) in [5, 5.41) is 3.75. The van der Waals surface area contributed by atoms with Crippen LogP contribution in [0.2, 0.25) is 0 Å². The summed E-state index contributed by atoms with van der Waals surface area (Å²) in [5.74, 6) is 0.972. The largest absolute Gasteiger partial charge is 0.497 e. The molecule has 3 aromatic carbocycles. The van der Waals surface area contributed by atoms with Crippen molar-refractivity contribution in [3.8, 4) is 5.75 Å². The molecule has 37 heavy (non-hydrogen) atoms. The van der Waals surface area contributed by atoms with Crippen LogP contribution in [0, 0.1) is 0 Å². The highest BCUT2D eigenvalue weighted by Gasteiger charge is 2.21. The Balaban J connectivity index is 1.07. The van der Waals surface area contributed by atoms with Crippen LogP contribution in [0.25, 0.3) is 11.0 Å². The van der Waals surface area contributed by atoms with E-state index in [0.717, 1.165) is 55.8 Å². The lowest BCUT2D eigenvalue weighted by Gasteiger charge is -2.34.